The van der Waals surface area contributed by atoms with Crippen molar-refractivity contribution in [1.82, 2.24) is 25.1 Å². The van der Waals surface area contributed by atoms with Gasteiger partial charge in [-0.3, -0.25) is 19.9 Å². The molecule has 0 saturated carbocycles. The molecule has 4 N–H and O–H groups in total. The maximum atomic E-state index is 11.9. The van der Waals surface area contributed by atoms with Crippen molar-refractivity contribution in [2.24, 2.45) is 5.73 Å². The summed E-state index contributed by atoms with van der Waals surface area (Å²) in [6, 6.07) is 12.1. The van der Waals surface area contributed by atoms with E-state index in [9.17, 15) is 4.79 Å². The molecule has 0 bridgehead atoms. The van der Waals surface area contributed by atoms with Gasteiger partial charge in [-0.15, -0.1) is 11.3 Å². The number of fused-ring (bicyclic) bond motifs is 2. The van der Waals surface area contributed by atoms with E-state index in [0.717, 1.165) is 65.8 Å². The molecule has 34 heavy (non-hydrogen) atoms. The van der Waals surface area contributed by atoms with Crippen molar-refractivity contribution in [3.05, 3.63) is 93.8 Å². The zero-order chi connectivity index (χ0) is 23.2. The SMILES string of the molecule is CC(=O)c1ccc(C2=CC=C(N)Cc3[nH]c(-c4n[nH]c5ccc(-c6cnccn6)cc45)cc32)s1. The lowest BCUT2D eigenvalue weighted by Gasteiger charge is -2.04. The normalized spacial score (nSPS) is 13.3. The Hall–Kier alpha value is -4.30. The largest absolute Gasteiger partial charge is 0.402 e. The minimum Gasteiger partial charge on any atom is -0.402 e. The summed E-state index contributed by atoms with van der Waals surface area (Å²) in [7, 11) is 0. The Bertz CT molecular complexity index is 1620. The van der Waals surface area contributed by atoms with Gasteiger partial charge in [-0.2, -0.15) is 5.10 Å². The summed E-state index contributed by atoms with van der Waals surface area (Å²) in [4.78, 5) is 25.8. The lowest BCUT2D eigenvalue weighted by atomic mass is 10.0. The number of hydrogen-bond acceptors (Lipinski definition) is 6. The quantitative estimate of drug-likeness (QED) is 0.320. The summed E-state index contributed by atoms with van der Waals surface area (Å²) in [6.07, 6.45) is 9.67. The molecule has 1 aromatic carbocycles. The molecular formula is C26H20N6OS. The van der Waals surface area contributed by atoms with Crippen LogP contribution in [0.5, 0.6) is 0 Å². The number of Topliss-reactive ketones (excluding diaryl/α,β-unsaturated/α-hetero) is 1. The number of allylic oxidation sites excluding steroid dienone is 3. The number of rotatable bonds is 4. The summed E-state index contributed by atoms with van der Waals surface area (Å²) in [5.74, 6) is 0.0670. The Morgan fingerprint density at radius 1 is 1.12 bits per heavy atom. The fraction of sp³-hybridized carbons (Fsp3) is 0.0769. The Morgan fingerprint density at radius 2 is 2.03 bits per heavy atom. The van der Waals surface area contributed by atoms with Gasteiger partial charge in [0, 0.05) is 57.2 Å². The van der Waals surface area contributed by atoms with Crippen LogP contribution in [0.15, 0.2) is 72.8 Å². The average molecular weight is 465 g/mol. The first-order chi connectivity index (χ1) is 16.6. The van der Waals surface area contributed by atoms with Gasteiger partial charge in [-0.25, -0.2) is 0 Å². The van der Waals surface area contributed by atoms with Crippen molar-refractivity contribution in [1.29, 1.82) is 0 Å². The molecule has 4 heterocycles. The van der Waals surface area contributed by atoms with Crippen molar-refractivity contribution in [2.45, 2.75) is 13.3 Å². The second-order valence-corrected chi connectivity index (χ2v) is 9.30. The van der Waals surface area contributed by atoms with Crippen molar-refractivity contribution in [2.75, 3.05) is 0 Å². The van der Waals surface area contributed by atoms with E-state index in [-0.39, 0.29) is 5.78 Å². The zero-order valence-corrected chi connectivity index (χ0v) is 19.1. The van der Waals surface area contributed by atoms with Crippen LogP contribution < -0.4 is 5.73 Å². The van der Waals surface area contributed by atoms with E-state index in [2.05, 4.69) is 37.3 Å². The molecule has 0 saturated heterocycles. The number of H-pyrrole nitrogens is 2. The zero-order valence-electron chi connectivity index (χ0n) is 18.3. The van der Waals surface area contributed by atoms with Crippen LogP contribution in [0.2, 0.25) is 0 Å². The molecule has 8 heteroatoms. The molecule has 0 aliphatic heterocycles. The van der Waals surface area contributed by atoms with Gasteiger partial charge in [-0.1, -0.05) is 12.1 Å². The topological polar surface area (TPSA) is 113 Å². The number of ketones is 1. The molecule has 0 fully saturated rings. The van der Waals surface area contributed by atoms with Crippen LogP contribution in [0.1, 0.15) is 32.7 Å². The number of carbonyl (C=O) groups excluding carboxylic acids is 1. The minimum atomic E-state index is 0.0670. The summed E-state index contributed by atoms with van der Waals surface area (Å²) < 4.78 is 0. The third-order valence-corrected chi connectivity index (χ3v) is 7.15. The van der Waals surface area contributed by atoms with Gasteiger partial charge in [0.2, 0.25) is 0 Å². The molecule has 6 rings (SSSR count). The highest BCUT2D eigenvalue weighted by Gasteiger charge is 2.21. The molecule has 0 atom stereocenters. The van der Waals surface area contributed by atoms with Gasteiger partial charge in [0.15, 0.2) is 5.78 Å². The number of nitrogens with one attached hydrogen (secondary N) is 2. The molecule has 0 amide bonds. The Morgan fingerprint density at radius 3 is 2.82 bits per heavy atom. The summed E-state index contributed by atoms with van der Waals surface area (Å²) in [5, 5.41) is 8.73. The number of nitrogens with zero attached hydrogens (tertiary/aromatic N) is 3. The number of aromatic amines is 2. The van der Waals surface area contributed by atoms with Gasteiger partial charge in [0.1, 0.15) is 5.69 Å². The van der Waals surface area contributed by atoms with Gasteiger partial charge >= 0.3 is 0 Å². The maximum Gasteiger partial charge on any atom is 0.169 e. The fourth-order valence-corrected chi connectivity index (χ4v) is 5.20. The number of thiophene rings is 1. The van der Waals surface area contributed by atoms with E-state index < -0.39 is 0 Å². The van der Waals surface area contributed by atoms with Crippen LogP contribution in [-0.2, 0) is 6.42 Å². The number of nitrogens with two attached hydrogens (primary N) is 1. The highest BCUT2D eigenvalue weighted by Crippen LogP contribution is 2.38. The number of aromatic nitrogens is 5. The smallest absolute Gasteiger partial charge is 0.169 e. The van der Waals surface area contributed by atoms with Crippen molar-refractivity contribution in [3.8, 4) is 22.6 Å². The average Bonchev–Trinajstić information content (AvgIpc) is 3.57. The van der Waals surface area contributed by atoms with Crippen LogP contribution in [-0.4, -0.2) is 30.9 Å². The second-order valence-electron chi connectivity index (χ2n) is 8.22. The standard InChI is InChI=1S/C26H20N6OS/c1-14(33)24-6-7-25(34-24)17-4-3-16(27)11-21-18(17)12-22(30-21)26-19-10-15(2-5-20(19)31-32-26)23-13-28-8-9-29-23/h2-10,12-13,30H,11,27H2,1H3,(H,31,32). The van der Waals surface area contributed by atoms with Crippen molar-refractivity contribution < 1.29 is 4.79 Å². The first-order valence-corrected chi connectivity index (χ1v) is 11.6. The van der Waals surface area contributed by atoms with Gasteiger partial charge in [-0.05, 0) is 43.3 Å². The van der Waals surface area contributed by atoms with E-state index in [1.165, 1.54) is 11.3 Å². The van der Waals surface area contributed by atoms with Crippen molar-refractivity contribution >= 4 is 33.6 Å². The summed E-state index contributed by atoms with van der Waals surface area (Å²) in [6.45, 7) is 1.59. The fourth-order valence-electron chi connectivity index (χ4n) is 4.26. The second kappa shape index (κ2) is 7.93. The minimum absolute atomic E-state index is 0.0670. The molecule has 4 aromatic heterocycles. The molecule has 5 aromatic rings. The molecule has 0 radical (unpaired) electrons. The number of benzene rings is 1. The Labute approximate surface area is 199 Å². The summed E-state index contributed by atoms with van der Waals surface area (Å²) >= 11 is 1.49. The molecule has 1 aliphatic carbocycles. The molecule has 166 valence electrons. The first kappa shape index (κ1) is 20.3. The molecule has 7 nitrogen and oxygen atoms in total. The molecule has 1 aliphatic rings. The number of hydrogen-bond donors (Lipinski definition) is 3. The maximum absolute atomic E-state index is 11.9. The molecule has 0 unspecified atom stereocenters. The third-order valence-electron chi connectivity index (χ3n) is 5.93. The Kier molecular flexibility index (Phi) is 4.74. The van der Waals surface area contributed by atoms with Crippen LogP contribution in [0.4, 0.5) is 0 Å². The van der Waals surface area contributed by atoms with E-state index in [4.69, 9.17) is 5.73 Å². The van der Waals surface area contributed by atoms with Gasteiger partial charge < -0.3 is 10.7 Å². The van der Waals surface area contributed by atoms with E-state index >= 15 is 0 Å². The molecular weight excluding hydrogens is 444 g/mol. The van der Waals surface area contributed by atoms with E-state index in [1.807, 2.05) is 36.4 Å². The highest BCUT2D eigenvalue weighted by atomic mass is 32.1. The van der Waals surface area contributed by atoms with E-state index in [0.29, 0.717) is 6.42 Å². The van der Waals surface area contributed by atoms with Crippen LogP contribution in [0.25, 0.3) is 39.1 Å². The molecule has 0 spiro atoms. The predicted molar refractivity (Wildman–Crippen MR) is 134 cm³/mol. The monoisotopic (exact) mass is 464 g/mol. The van der Waals surface area contributed by atoms with Crippen molar-refractivity contribution in [3.63, 3.8) is 0 Å². The summed E-state index contributed by atoms with van der Waals surface area (Å²) in [5.41, 5.74) is 14.6. The first-order valence-electron chi connectivity index (χ1n) is 10.8. The van der Waals surface area contributed by atoms with Crippen LogP contribution in [0.3, 0.4) is 0 Å². The highest BCUT2D eigenvalue weighted by molar-refractivity contribution is 7.15. The Balaban J connectivity index is 1.47. The number of carbonyl (C=O) groups is 1. The van der Waals surface area contributed by atoms with Crippen LogP contribution in [0, 0.1) is 0 Å². The van der Waals surface area contributed by atoms with Gasteiger partial charge in [0.25, 0.3) is 0 Å². The van der Waals surface area contributed by atoms with E-state index in [1.54, 1.807) is 25.5 Å². The lowest BCUT2D eigenvalue weighted by Crippen LogP contribution is -2.01. The van der Waals surface area contributed by atoms with Gasteiger partial charge in [0.05, 0.1) is 28.0 Å². The predicted octanol–water partition coefficient (Wildman–Crippen LogP) is 5.11. The third kappa shape index (κ3) is 3.45. The van der Waals surface area contributed by atoms with Crippen LogP contribution >= 0.6 is 11.3 Å². The lowest BCUT2D eigenvalue weighted by molar-refractivity contribution is 0.102.